The minimum atomic E-state index is 0.544. The normalized spacial score (nSPS) is 10.3. The molecule has 0 aromatic heterocycles. The van der Waals surface area contributed by atoms with Crippen molar-refractivity contribution in [1.29, 1.82) is 0 Å². The highest BCUT2D eigenvalue weighted by molar-refractivity contribution is 6.33. The van der Waals surface area contributed by atoms with Gasteiger partial charge in [0.25, 0.3) is 0 Å². The maximum atomic E-state index is 5.87. The smallest absolute Gasteiger partial charge is 0.0636 e. The van der Waals surface area contributed by atoms with Crippen LogP contribution in [0.1, 0.15) is 5.56 Å². The molecule has 0 atom stereocenters. The SMILES string of the molecule is Nc1ccc(N)c(CNc2ccc(Cl)c(N)c2)c1. The predicted octanol–water partition coefficient (Wildman–Crippen LogP) is 2.70. The maximum absolute atomic E-state index is 5.87. The summed E-state index contributed by atoms with van der Waals surface area (Å²) < 4.78 is 0. The first-order valence-corrected chi connectivity index (χ1v) is 5.87. The number of benzene rings is 2. The average molecular weight is 263 g/mol. The Morgan fingerprint density at radius 2 is 1.72 bits per heavy atom. The fourth-order valence-corrected chi connectivity index (χ4v) is 1.75. The van der Waals surface area contributed by atoms with Crippen molar-refractivity contribution in [3.05, 3.63) is 47.0 Å². The summed E-state index contributed by atoms with van der Waals surface area (Å²) in [6.07, 6.45) is 0. The number of hydrogen-bond acceptors (Lipinski definition) is 4. The Morgan fingerprint density at radius 3 is 2.44 bits per heavy atom. The summed E-state index contributed by atoms with van der Waals surface area (Å²) in [6, 6.07) is 10.8. The molecule has 94 valence electrons. The lowest BCUT2D eigenvalue weighted by Gasteiger charge is -2.10. The van der Waals surface area contributed by atoms with E-state index in [1.54, 1.807) is 24.3 Å². The molecule has 7 N–H and O–H groups in total. The number of anilines is 4. The number of hydrogen-bond donors (Lipinski definition) is 4. The van der Waals surface area contributed by atoms with Crippen LogP contribution in [0, 0.1) is 0 Å². The van der Waals surface area contributed by atoms with Gasteiger partial charge in [-0.2, -0.15) is 0 Å². The van der Waals surface area contributed by atoms with Crippen LogP contribution >= 0.6 is 11.6 Å². The van der Waals surface area contributed by atoms with Crippen molar-refractivity contribution in [3.8, 4) is 0 Å². The number of rotatable bonds is 3. The van der Waals surface area contributed by atoms with Gasteiger partial charge in [0.2, 0.25) is 0 Å². The molecule has 0 bridgehead atoms. The Bertz CT molecular complexity index is 569. The molecule has 4 nitrogen and oxygen atoms in total. The van der Waals surface area contributed by atoms with E-state index in [0.29, 0.717) is 28.6 Å². The molecule has 0 fully saturated rings. The number of halogens is 1. The molecule has 2 rings (SSSR count). The molecule has 0 aliphatic carbocycles. The van der Waals surface area contributed by atoms with Crippen molar-refractivity contribution in [2.75, 3.05) is 22.5 Å². The minimum Gasteiger partial charge on any atom is -0.399 e. The fourth-order valence-electron chi connectivity index (χ4n) is 1.63. The van der Waals surface area contributed by atoms with Gasteiger partial charge in [0.15, 0.2) is 0 Å². The van der Waals surface area contributed by atoms with Crippen LogP contribution in [0.15, 0.2) is 36.4 Å². The van der Waals surface area contributed by atoms with Crippen LogP contribution in [0.4, 0.5) is 22.7 Å². The first kappa shape index (κ1) is 12.4. The van der Waals surface area contributed by atoms with E-state index < -0.39 is 0 Å². The summed E-state index contributed by atoms with van der Waals surface area (Å²) >= 11 is 5.85. The third-order valence-corrected chi connectivity index (χ3v) is 2.99. The molecule has 0 unspecified atom stereocenters. The van der Waals surface area contributed by atoms with E-state index >= 15 is 0 Å². The largest absolute Gasteiger partial charge is 0.399 e. The lowest BCUT2D eigenvalue weighted by molar-refractivity contribution is 1.15. The van der Waals surface area contributed by atoms with Crippen molar-refractivity contribution in [1.82, 2.24) is 0 Å². The predicted molar refractivity (Wildman–Crippen MR) is 78.5 cm³/mol. The summed E-state index contributed by atoms with van der Waals surface area (Å²) in [5, 5.41) is 3.77. The van der Waals surface area contributed by atoms with E-state index in [2.05, 4.69) is 5.32 Å². The van der Waals surface area contributed by atoms with Gasteiger partial charge in [0.05, 0.1) is 10.7 Å². The quantitative estimate of drug-likeness (QED) is 0.640. The van der Waals surface area contributed by atoms with Gasteiger partial charge in [-0.3, -0.25) is 0 Å². The Morgan fingerprint density at radius 1 is 0.944 bits per heavy atom. The van der Waals surface area contributed by atoms with Crippen LogP contribution in [-0.2, 0) is 6.54 Å². The standard InChI is InChI=1S/C13H15ClN4/c14-11-3-2-10(6-13(11)17)18-7-8-5-9(15)1-4-12(8)16/h1-6,18H,7,15-17H2. The van der Waals surface area contributed by atoms with Crippen molar-refractivity contribution in [3.63, 3.8) is 0 Å². The van der Waals surface area contributed by atoms with Gasteiger partial charge in [-0.15, -0.1) is 0 Å². The molecule has 0 aliphatic heterocycles. The Kier molecular flexibility index (Phi) is 3.48. The Balaban J connectivity index is 2.11. The number of nitrogen functional groups attached to an aromatic ring is 3. The van der Waals surface area contributed by atoms with Gasteiger partial charge in [0, 0.05) is 23.6 Å². The van der Waals surface area contributed by atoms with E-state index in [9.17, 15) is 0 Å². The zero-order valence-electron chi connectivity index (χ0n) is 9.78. The lowest BCUT2D eigenvalue weighted by atomic mass is 10.1. The lowest BCUT2D eigenvalue weighted by Crippen LogP contribution is -2.04. The molecule has 0 aliphatic rings. The number of nitrogens with two attached hydrogens (primary N) is 3. The average Bonchev–Trinajstić information content (AvgIpc) is 2.34. The van der Waals surface area contributed by atoms with Gasteiger partial charge in [0.1, 0.15) is 0 Å². The third-order valence-electron chi connectivity index (χ3n) is 2.65. The van der Waals surface area contributed by atoms with Gasteiger partial charge in [-0.25, -0.2) is 0 Å². The van der Waals surface area contributed by atoms with Crippen LogP contribution in [-0.4, -0.2) is 0 Å². The summed E-state index contributed by atoms with van der Waals surface area (Å²) in [6.45, 7) is 0.581. The molecule has 5 heteroatoms. The van der Waals surface area contributed by atoms with E-state index in [1.165, 1.54) is 0 Å². The maximum Gasteiger partial charge on any atom is 0.0636 e. The van der Waals surface area contributed by atoms with Crippen LogP contribution in [0.2, 0.25) is 5.02 Å². The second-order valence-electron chi connectivity index (χ2n) is 4.05. The zero-order valence-corrected chi connectivity index (χ0v) is 10.5. The second kappa shape index (κ2) is 5.06. The van der Waals surface area contributed by atoms with Gasteiger partial charge >= 0.3 is 0 Å². The summed E-state index contributed by atoms with van der Waals surface area (Å²) in [7, 11) is 0. The first-order chi connectivity index (χ1) is 8.56. The molecular formula is C13H15ClN4. The molecule has 0 saturated heterocycles. The van der Waals surface area contributed by atoms with Crippen molar-refractivity contribution in [2.45, 2.75) is 6.54 Å². The first-order valence-electron chi connectivity index (χ1n) is 5.49. The van der Waals surface area contributed by atoms with Crippen molar-refractivity contribution in [2.24, 2.45) is 0 Å². The third kappa shape index (κ3) is 2.78. The number of nitrogens with one attached hydrogen (secondary N) is 1. The van der Waals surface area contributed by atoms with Crippen LogP contribution < -0.4 is 22.5 Å². The van der Waals surface area contributed by atoms with E-state index in [4.69, 9.17) is 28.8 Å². The van der Waals surface area contributed by atoms with Crippen LogP contribution in [0.3, 0.4) is 0 Å². The summed E-state index contributed by atoms with van der Waals surface area (Å²) in [5.41, 5.74) is 21.1. The Hall–Kier alpha value is -2.07. The van der Waals surface area contributed by atoms with Crippen LogP contribution in [0.25, 0.3) is 0 Å². The van der Waals surface area contributed by atoms with Crippen molar-refractivity contribution >= 4 is 34.4 Å². The molecule has 0 radical (unpaired) electrons. The minimum absolute atomic E-state index is 0.544. The van der Waals surface area contributed by atoms with E-state index in [0.717, 1.165) is 11.3 Å². The fraction of sp³-hybridized carbons (Fsp3) is 0.0769. The van der Waals surface area contributed by atoms with Crippen LogP contribution in [0.5, 0.6) is 0 Å². The topological polar surface area (TPSA) is 90.1 Å². The molecule has 18 heavy (non-hydrogen) atoms. The van der Waals surface area contributed by atoms with Gasteiger partial charge in [-0.05, 0) is 42.0 Å². The van der Waals surface area contributed by atoms with Crippen molar-refractivity contribution < 1.29 is 0 Å². The highest BCUT2D eigenvalue weighted by Gasteiger charge is 2.01. The molecule has 0 amide bonds. The molecule has 0 saturated carbocycles. The highest BCUT2D eigenvalue weighted by atomic mass is 35.5. The summed E-state index contributed by atoms with van der Waals surface area (Å²) in [4.78, 5) is 0. The van der Waals surface area contributed by atoms with Gasteiger partial charge in [-0.1, -0.05) is 11.6 Å². The summed E-state index contributed by atoms with van der Waals surface area (Å²) in [5.74, 6) is 0. The van der Waals surface area contributed by atoms with E-state index in [1.807, 2.05) is 12.1 Å². The molecule has 0 heterocycles. The molecule has 2 aromatic rings. The second-order valence-corrected chi connectivity index (χ2v) is 4.46. The monoisotopic (exact) mass is 262 g/mol. The zero-order chi connectivity index (χ0) is 13.1. The molecule has 2 aromatic carbocycles. The highest BCUT2D eigenvalue weighted by Crippen LogP contribution is 2.23. The van der Waals surface area contributed by atoms with Gasteiger partial charge < -0.3 is 22.5 Å². The Labute approximate surface area is 111 Å². The van der Waals surface area contributed by atoms with E-state index in [-0.39, 0.29) is 0 Å². The molecule has 0 spiro atoms. The molecular weight excluding hydrogens is 248 g/mol.